The van der Waals surface area contributed by atoms with E-state index in [0.29, 0.717) is 31.5 Å². The number of aliphatic carboxylic acids is 1. The average molecular weight is 378 g/mol. The van der Waals surface area contributed by atoms with E-state index in [4.69, 9.17) is 0 Å². The van der Waals surface area contributed by atoms with Crippen molar-refractivity contribution in [3.63, 3.8) is 0 Å². The van der Waals surface area contributed by atoms with Gasteiger partial charge in [-0.05, 0) is 44.2 Å². The van der Waals surface area contributed by atoms with E-state index in [1.54, 1.807) is 0 Å². The van der Waals surface area contributed by atoms with Crippen molar-refractivity contribution in [2.45, 2.75) is 38.6 Å². The monoisotopic (exact) mass is 378 g/mol. The Morgan fingerprint density at radius 2 is 1.96 bits per heavy atom. The van der Waals surface area contributed by atoms with Gasteiger partial charge in [-0.3, -0.25) is 14.2 Å². The van der Waals surface area contributed by atoms with Crippen LogP contribution in [-0.2, 0) is 23.1 Å². The van der Waals surface area contributed by atoms with Crippen molar-refractivity contribution in [3.8, 4) is 0 Å². The van der Waals surface area contributed by atoms with E-state index in [0.717, 1.165) is 30.5 Å². The summed E-state index contributed by atoms with van der Waals surface area (Å²) >= 11 is 0. The molecule has 1 aromatic heterocycles. The molecule has 3 heterocycles. The van der Waals surface area contributed by atoms with Crippen molar-refractivity contribution >= 4 is 11.9 Å². The number of carboxylic acid groups (broad SMARTS) is 1. The van der Waals surface area contributed by atoms with Gasteiger partial charge in [-0.15, -0.1) is 0 Å². The lowest BCUT2D eigenvalue weighted by atomic mass is 9.76. The number of aromatic nitrogens is 2. The van der Waals surface area contributed by atoms with Gasteiger partial charge in [-0.25, -0.2) is 9.59 Å². The van der Waals surface area contributed by atoms with Gasteiger partial charge in [-0.1, -0.05) is 0 Å². The van der Waals surface area contributed by atoms with Crippen LogP contribution in [0.3, 0.4) is 0 Å². The zero-order valence-corrected chi connectivity index (χ0v) is 15.7. The first-order valence-corrected chi connectivity index (χ1v) is 9.22. The number of hydrogen-bond acceptors (Lipinski definition) is 5. The molecule has 2 fully saturated rings. The Morgan fingerprint density at radius 3 is 2.52 bits per heavy atom. The number of piperidine rings is 1. The number of aromatic amines is 1. The van der Waals surface area contributed by atoms with Crippen molar-refractivity contribution < 1.29 is 14.7 Å². The Labute approximate surface area is 156 Å². The summed E-state index contributed by atoms with van der Waals surface area (Å²) in [6.07, 6.45) is 4.22. The van der Waals surface area contributed by atoms with Crippen LogP contribution in [0.2, 0.25) is 0 Å². The summed E-state index contributed by atoms with van der Waals surface area (Å²) in [5, 5.41) is 9.42. The molecule has 27 heavy (non-hydrogen) atoms. The molecule has 2 aliphatic heterocycles. The summed E-state index contributed by atoms with van der Waals surface area (Å²) in [6, 6.07) is -0.724. The van der Waals surface area contributed by atoms with Gasteiger partial charge in [0.15, 0.2) is 0 Å². The zero-order chi connectivity index (χ0) is 19.8. The van der Waals surface area contributed by atoms with Crippen LogP contribution in [0.5, 0.6) is 0 Å². The molecule has 0 bridgehead atoms. The third kappa shape index (κ3) is 3.83. The fraction of sp³-hybridized carbons (Fsp3) is 0.667. The molecule has 1 spiro atoms. The van der Waals surface area contributed by atoms with Crippen molar-refractivity contribution in [2.24, 2.45) is 12.5 Å². The van der Waals surface area contributed by atoms with E-state index in [-0.39, 0.29) is 16.9 Å². The number of amides is 1. The van der Waals surface area contributed by atoms with Crippen molar-refractivity contribution in [2.75, 3.05) is 26.2 Å². The van der Waals surface area contributed by atoms with Crippen molar-refractivity contribution in [1.29, 1.82) is 0 Å². The predicted molar refractivity (Wildman–Crippen MR) is 97.5 cm³/mol. The Kier molecular flexibility index (Phi) is 5.23. The van der Waals surface area contributed by atoms with Gasteiger partial charge >= 0.3 is 11.7 Å². The molecule has 148 valence electrons. The van der Waals surface area contributed by atoms with Crippen LogP contribution >= 0.6 is 0 Å². The molecule has 9 nitrogen and oxygen atoms in total. The standard InChI is InChI=1S/C18H26N4O5/c1-12(23)22-11-18(9-14(22)16(25)26)4-7-21(8-5-18)6-3-13-10-19-17(27)20(2)15(13)24/h10,14H,3-9,11H2,1-2H3,(H,19,27)(H,25,26). The van der Waals surface area contributed by atoms with Gasteiger partial charge in [0.1, 0.15) is 6.04 Å². The molecule has 0 radical (unpaired) electrons. The van der Waals surface area contributed by atoms with Crippen LogP contribution in [0, 0.1) is 5.41 Å². The van der Waals surface area contributed by atoms with Crippen molar-refractivity contribution in [3.05, 3.63) is 32.6 Å². The van der Waals surface area contributed by atoms with Gasteiger partial charge in [-0.2, -0.15) is 0 Å². The van der Waals surface area contributed by atoms with E-state index in [1.165, 1.54) is 25.1 Å². The Bertz CT molecular complexity index is 826. The first-order chi connectivity index (χ1) is 12.7. The number of carbonyl (C=O) groups excluding carboxylic acids is 1. The molecule has 1 amide bonds. The highest BCUT2D eigenvalue weighted by Gasteiger charge is 2.48. The molecular weight excluding hydrogens is 352 g/mol. The second-order valence-corrected chi connectivity index (χ2v) is 7.78. The topological polar surface area (TPSA) is 116 Å². The lowest BCUT2D eigenvalue weighted by molar-refractivity contribution is -0.147. The van der Waals surface area contributed by atoms with E-state index in [2.05, 4.69) is 9.88 Å². The van der Waals surface area contributed by atoms with E-state index >= 15 is 0 Å². The minimum absolute atomic E-state index is 0.126. The van der Waals surface area contributed by atoms with Crippen LogP contribution in [0.1, 0.15) is 31.7 Å². The fourth-order valence-corrected chi connectivity index (χ4v) is 4.29. The highest BCUT2D eigenvalue weighted by molar-refractivity contribution is 5.83. The Morgan fingerprint density at radius 1 is 1.30 bits per heavy atom. The number of nitrogens with one attached hydrogen (secondary N) is 1. The van der Waals surface area contributed by atoms with Crippen molar-refractivity contribution in [1.82, 2.24) is 19.4 Å². The van der Waals surface area contributed by atoms with Crippen LogP contribution in [0.25, 0.3) is 0 Å². The summed E-state index contributed by atoms with van der Waals surface area (Å²) in [5.41, 5.74) is -0.247. The molecule has 2 aliphatic rings. The van der Waals surface area contributed by atoms with Crippen LogP contribution in [-0.4, -0.2) is 68.6 Å². The lowest BCUT2D eigenvalue weighted by Crippen LogP contribution is -2.43. The summed E-state index contributed by atoms with van der Waals surface area (Å²) in [4.78, 5) is 53.1. The minimum atomic E-state index is -0.932. The second kappa shape index (κ2) is 7.30. The van der Waals surface area contributed by atoms with Gasteiger partial charge in [0.05, 0.1) is 0 Å². The molecule has 2 N–H and O–H groups in total. The molecule has 9 heteroatoms. The van der Waals surface area contributed by atoms with Gasteiger partial charge in [0, 0.05) is 38.8 Å². The summed E-state index contributed by atoms with van der Waals surface area (Å²) in [7, 11) is 1.45. The molecule has 3 rings (SSSR count). The van der Waals surface area contributed by atoms with Gasteiger partial charge < -0.3 is 19.9 Å². The molecule has 1 aromatic rings. The number of H-pyrrole nitrogens is 1. The SMILES string of the molecule is CC(=O)N1CC2(CCN(CCc3c[nH]c(=O)n(C)c3=O)CC2)CC1C(=O)O. The van der Waals surface area contributed by atoms with E-state index in [1.807, 2.05) is 0 Å². The highest BCUT2D eigenvalue weighted by Crippen LogP contribution is 2.43. The molecule has 1 atom stereocenters. The number of likely N-dealkylation sites (tertiary alicyclic amines) is 2. The van der Waals surface area contributed by atoms with Crippen LogP contribution in [0.4, 0.5) is 0 Å². The smallest absolute Gasteiger partial charge is 0.328 e. The Hall–Kier alpha value is -2.42. The summed E-state index contributed by atoms with van der Waals surface area (Å²) < 4.78 is 1.07. The van der Waals surface area contributed by atoms with Gasteiger partial charge in [0.2, 0.25) is 5.91 Å². The summed E-state index contributed by atoms with van der Waals surface area (Å²) in [5.74, 6) is -1.12. The third-order valence-electron chi connectivity index (χ3n) is 6.07. The number of rotatable bonds is 4. The third-order valence-corrected chi connectivity index (χ3v) is 6.07. The molecule has 0 saturated carbocycles. The molecular formula is C18H26N4O5. The molecule has 0 aromatic carbocycles. The molecule has 2 saturated heterocycles. The minimum Gasteiger partial charge on any atom is -0.480 e. The molecule has 0 aliphatic carbocycles. The predicted octanol–water partition coefficient (Wildman–Crippen LogP) is -0.596. The normalized spacial score (nSPS) is 22.3. The quantitative estimate of drug-likeness (QED) is 0.723. The van der Waals surface area contributed by atoms with Gasteiger partial charge in [0.25, 0.3) is 5.56 Å². The number of nitrogens with zero attached hydrogens (tertiary/aromatic N) is 3. The first kappa shape index (κ1) is 19.3. The van der Waals surface area contributed by atoms with Crippen LogP contribution in [0.15, 0.2) is 15.8 Å². The Balaban J connectivity index is 1.59. The maximum Gasteiger partial charge on any atom is 0.328 e. The van der Waals surface area contributed by atoms with E-state index in [9.17, 15) is 24.3 Å². The number of carbonyl (C=O) groups is 2. The average Bonchev–Trinajstić information content (AvgIpc) is 3.01. The summed E-state index contributed by atoms with van der Waals surface area (Å²) in [6.45, 7) is 4.25. The lowest BCUT2D eigenvalue weighted by Gasteiger charge is -2.39. The second-order valence-electron chi connectivity index (χ2n) is 7.78. The fourth-order valence-electron chi connectivity index (χ4n) is 4.29. The zero-order valence-electron chi connectivity index (χ0n) is 15.7. The number of hydrogen-bond donors (Lipinski definition) is 2. The number of carboxylic acids is 1. The maximum atomic E-state index is 12.1. The largest absolute Gasteiger partial charge is 0.480 e. The van der Waals surface area contributed by atoms with E-state index < -0.39 is 17.7 Å². The highest BCUT2D eigenvalue weighted by atomic mass is 16.4. The molecule has 1 unspecified atom stereocenters. The first-order valence-electron chi connectivity index (χ1n) is 9.22. The maximum absolute atomic E-state index is 12.1. The van der Waals surface area contributed by atoms with Crippen LogP contribution < -0.4 is 11.2 Å².